The van der Waals surface area contributed by atoms with Crippen LogP contribution in [0.5, 0.6) is 0 Å². The predicted molar refractivity (Wildman–Crippen MR) is 99.3 cm³/mol. The van der Waals surface area contributed by atoms with Crippen LogP contribution >= 0.6 is 0 Å². The number of carbonyl (C=O) groups is 2. The first kappa shape index (κ1) is 21.2. The zero-order valence-corrected chi connectivity index (χ0v) is 15.5. The van der Waals surface area contributed by atoms with Gasteiger partial charge in [-0.05, 0) is 38.2 Å². The van der Waals surface area contributed by atoms with Gasteiger partial charge in [-0.2, -0.15) is 0 Å². The van der Waals surface area contributed by atoms with Gasteiger partial charge in [-0.1, -0.05) is 56.0 Å². The molecule has 0 aliphatic rings. The van der Waals surface area contributed by atoms with Crippen LogP contribution in [-0.4, -0.2) is 25.2 Å². The zero-order chi connectivity index (χ0) is 18.2. The smallest absolute Gasteiger partial charge is 0.305 e. The molecule has 0 unspecified atom stereocenters. The van der Waals surface area contributed by atoms with E-state index < -0.39 is 0 Å². The third-order valence-corrected chi connectivity index (χ3v) is 4.03. The van der Waals surface area contributed by atoms with E-state index in [1.54, 1.807) is 0 Å². The Kier molecular flexibility index (Phi) is 12.3. The molecule has 0 aliphatic carbocycles. The number of aryl methyl sites for hydroxylation is 1. The summed E-state index contributed by atoms with van der Waals surface area (Å²) in [6.45, 7) is 2.79. The minimum atomic E-state index is -0.0995. The second-order valence-corrected chi connectivity index (χ2v) is 6.24. The molecule has 1 aromatic rings. The number of rotatable bonds is 14. The maximum atomic E-state index is 11.7. The van der Waals surface area contributed by atoms with Crippen molar-refractivity contribution in [2.75, 3.05) is 13.2 Å². The Bertz CT molecular complexity index is 470. The monoisotopic (exact) mass is 348 g/mol. The molecule has 1 aromatic carbocycles. The number of esters is 2. The third-order valence-electron chi connectivity index (χ3n) is 4.03. The van der Waals surface area contributed by atoms with Crippen molar-refractivity contribution in [3.05, 3.63) is 35.9 Å². The topological polar surface area (TPSA) is 52.6 Å². The minimum Gasteiger partial charge on any atom is -0.466 e. The summed E-state index contributed by atoms with van der Waals surface area (Å²) in [5, 5.41) is 0. The Balaban J connectivity index is 1.86. The summed E-state index contributed by atoms with van der Waals surface area (Å²) in [5.41, 5.74) is 1.28. The van der Waals surface area contributed by atoms with Crippen molar-refractivity contribution in [2.24, 2.45) is 0 Å². The van der Waals surface area contributed by atoms with Gasteiger partial charge in [0.05, 0.1) is 13.2 Å². The zero-order valence-electron chi connectivity index (χ0n) is 15.5. The van der Waals surface area contributed by atoms with Crippen LogP contribution in [0.4, 0.5) is 0 Å². The number of hydrogen-bond acceptors (Lipinski definition) is 4. The Labute approximate surface area is 151 Å². The number of unbranched alkanes of at least 4 members (excludes halogenated alkanes) is 5. The van der Waals surface area contributed by atoms with Crippen molar-refractivity contribution < 1.29 is 19.1 Å². The van der Waals surface area contributed by atoms with Crippen molar-refractivity contribution in [3.63, 3.8) is 0 Å². The average Bonchev–Trinajstić information content (AvgIpc) is 2.62. The number of hydrogen-bond donors (Lipinski definition) is 0. The lowest BCUT2D eigenvalue weighted by atomic mass is 10.1. The van der Waals surface area contributed by atoms with Crippen molar-refractivity contribution in [2.45, 2.75) is 71.1 Å². The van der Waals surface area contributed by atoms with Crippen LogP contribution in [0.25, 0.3) is 0 Å². The van der Waals surface area contributed by atoms with Gasteiger partial charge in [0.1, 0.15) is 0 Å². The minimum absolute atomic E-state index is 0.0876. The normalized spacial score (nSPS) is 10.4. The molecule has 140 valence electrons. The van der Waals surface area contributed by atoms with Crippen LogP contribution < -0.4 is 0 Å². The van der Waals surface area contributed by atoms with Gasteiger partial charge in [0.25, 0.3) is 0 Å². The average molecular weight is 348 g/mol. The lowest BCUT2D eigenvalue weighted by Crippen LogP contribution is -2.06. The van der Waals surface area contributed by atoms with E-state index in [4.69, 9.17) is 9.47 Å². The fraction of sp³-hybridized carbons (Fsp3) is 0.619. The van der Waals surface area contributed by atoms with E-state index in [0.29, 0.717) is 26.1 Å². The van der Waals surface area contributed by atoms with Crippen LogP contribution in [-0.2, 0) is 25.5 Å². The summed E-state index contributed by atoms with van der Waals surface area (Å²) in [6, 6.07) is 10.2. The van der Waals surface area contributed by atoms with Crippen LogP contribution in [0.1, 0.15) is 70.3 Å². The van der Waals surface area contributed by atoms with E-state index in [-0.39, 0.29) is 11.9 Å². The third kappa shape index (κ3) is 12.2. The highest BCUT2D eigenvalue weighted by Gasteiger charge is 2.03. The molecule has 0 spiro atoms. The molecule has 0 amide bonds. The van der Waals surface area contributed by atoms with E-state index in [2.05, 4.69) is 12.1 Å². The van der Waals surface area contributed by atoms with Gasteiger partial charge in [-0.15, -0.1) is 0 Å². The quantitative estimate of drug-likeness (QED) is 0.356. The highest BCUT2D eigenvalue weighted by molar-refractivity contribution is 5.69. The lowest BCUT2D eigenvalue weighted by Gasteiger charge is -2.05. The summed E-state index contributed by atoms with van der Waals surface area (Å²) < 4.78 is 10.2. The molecule has 0 atom stereocenters. The Morgan fingerprint density at radius 1 is 0.760 bits per heavy atom. The SMILES string of the molecule is CCOC(=O)CCCCCCCCC(=O)OCCCc1ccccc1. The van der Waals surface area contributed by atoms with Gasteiger partial charge >= 0.3 is 11.9 Å². The molecule has 25 heavy (non-hydrogen) atoms. The van der Waals surface area contributed by atoms with Crippen LogP contribution in [0, 0.1) is 0 Å². The summed E-state index contributed by atoms with van der Waals surface area (Å²) in [4.78, 5) is 22.8. The van der Waals surface area contributed by atoms with Crippen molar-refractivity contribution >= 4 is 11.9 Å². The summed E-state index contributed by atoms with van der Waals surface area (Å²) in [5.74, 6) is -0.187. The first-order valence-corrected chi connectivity index (χ1v) is 9.57. The molecule has 0 fully saturated rings. The van der Waals surface area contributed by atoms with Crippen LogP contribution in [0.2, 0.25) is 0 Å². The Morgan fingerprint density at radius 2 is 1.32 bits per heavy atom. The largest absolute Gasteiger partial charge is 0.466 e. The van der Waals surface area contributed by atoms with Crippen molar-refractivity contribution in [1.82, 2.24) is 0 Å². The van der Waals surface area contributed by atoms with Crippen molar-refractivity contribution in [1.29, 1.82) is 0 Å². The number of benzene rings is 1. The molecule has 0 radical (unpaired) electrons. The maximum Gasteiger partial charge on any atom is 0.305 e. The maximum absolute atomic E-state index is 11.7. The number of ether oxygens (including phenoxy) is 2. The van der Waals surface area contributed by atoms with Gasteiger partial charge in [0.15, 0.2) is 0 Å². The first-order chi connectivity index (χ1) is 12.2. The van der Waals surface area contributed by atoms with Gasteiger partial charge in [0.2, 0.25) is 0 Å². The highest BCUT2D eigenvalue weighted by Crippen LogP contribution is 2.10. The van der Waals surface area contributed by atoms with Gasteiger partial charge in [0, 0.05) is 12.8 Å². The molecule has 0 N–H and O–H groups in total. The molecule has 0 bridgehead atoms. The highest BCUT2D eigenvalue weighted by atomic mass is 16.5. The first-order valence-electron chi connectivity index (χ1n) is 9.57. The standard InChI is InChI=1S/C21H32O4/c1-2-24-20(22)16-10-5-3-4-6-11-17-21(23)25-18-12-15-19-13-8-7-9-14-19/h7-9,13-14H,2-6,10-12,15-18H2,1H3. The fourth-order valence-corrected chi connectivity index (χ4v) is 2.66. The second kappa shape index (κ2) is 14.5. The molecular formula is C21H32O4. The Hall–Kier alpha value is -1.84. The predicted octanol–water partition coefficient (Wildman–Crippen LogP) is 4.85. The molecule has 1 rings (SSSR count). The molecule has 0 saturated heterocycles. The summed E-state index contributed by atoms with van der Waals surface area (Å²) in [6.07, 6.45) is 8.90. The van der Waals surface area contributed by atoms with E-state index in [0.717, 1.165) is 51.4 Å². The Morgan fingerprint density at radius 3 is 1.92 bits per heavy atom. The lowest BCUT2D eigenvalue weighted by molar-refractivity contribution is -0.144. The van der Waals surface area contributed by atoms with E-state index in [1.165, 1.54) is 5.56 Å². The molecule has 0 aromatic heterocycles. The van der Waals surface area contributed by atoms with E-state index in [9.17, 15) is 9.59 Å². The molecule has 4 heteroatoms. The molecule has 0 saturated carbocycles. The fourth-order valence-electron chi connectivity index (χ4n) is 2.66. The van der Waals surface area contributed by atoms with Crippen LogP contribution in [0.3, 0.4) is 0 Å². The molecule has 0 heterocycles. The summed E-state index contributed by atoms with van der Waals surface area (Å²) >= 11 is 0. The van der Waals surface area contributed by atoms with Crippen molar-refractivity contribution in [3.8, 4) is 0 Å². The second-order valence-electron chi connectivity index (χ2n) is 6.24. The van der Waals surface area contributed by atoms with Gasteiger partial charge in [-0.3, -0.25) is 9.59 Å². The van der Waals surface area contributed by atoms with E-state index in [1.807, 2.05) is 25.1 Å². The summed E-state index contributed by atoms with van der Waals surface area (Å²) in [7, 11) is 0. The van der Waals surface area contributed by atoms with Gasteiger partial charge in [-0.25, -0.2) is 0 Å². The van der Waals surface area contributed by atoms with Crippen LogP contribution in [0.15, 0.2) is 30.3 Å². The number of carbonyl (C=O) groups excluding carboxylic acids is 2. The van der Waals surface area contributed by atoms with E-state index >= 15 is 0 Å². The van der Waals surface area contributed by atoms with Gasteiger partial charge < -0.3 is 9.47 Å². The molecule has 4 nitrogen and oxygen atoms in total. The molecule has 0 aliphatic heterocycles. The molecular weight excluding hydrogens is 316 g/mol.